The number of piperidine rings is 1. The van der Waals surface area contributed by atoms with Gasteiger partial charge in [0.1, 0.15) is 0 Å². The summed E-state index contributed by atoms with van der Waals surface area (Å²) in [6, 6.07) is 4.52. The van der Waals surface area contributed by atoms with Crippen LogP contribution in [0.3, 0.4) is 0 Å². The summed E-state index contributed by atoms with van der Waals surface area (Å²) in [5, 5.41) is 20.4. The molecule has 0 radical (unpaired) electrons. The van der Waals surface area contributed by atoms with Gasteiger partial charge in [-0.1, -0.05) is 11.6 Å². The van der Waals surface area contributed by atoms with Crippen LogP contribution in [-0.4, -0.2) is 29.2 Å². The van der Waals surface area contributed by atoms with Gasteiger partial charge in [0, 0.05) is 18.7 Å². The Labute approximate surface area is 110 Å². The molecule has 0 aromatic heterocycles. The van der Waals surface area contributed by atoms with E-state index in [0.29, 0.717) is 5.02 Å². The smallest absolute Gasteiger partial charge is 0.271 e. The molecule has 1 N–H and O–H groups in total. The van der Waals surface area contributed by atoms with E-state index in [-0.39, 0.29) is 18.3 Å². The Morgan fingerprint density at radius 2 is 2.28 bits per heavy atom. The second-order valence-electron chi connectivity index (χ2n) is 4.42. The second kappa shape index (κ2) is 5.54. The van der Waals surface area contributed by atoms with Gasteiger partial charge in [0.05, 0.1) is 28.3 Å². The highest BCUT2D eigenvalue weighted by Crippen LogP contribution is 2.33. The number of aliphatic hydroxyl groups excluding tert-OH is 1. The highest BCUT2D eigenvalue weighted by Gasteiger charge is 2.24. The van der Waals surface area contributed by atoms with Crippen LogP contribution in [0.5, 0.6) is 0 Å². The topological polar surface area (TPSA) is 66.6 Å². The van der Waals surface area contributed by atoms with Crippen molar-refractivity contribution in [2.45, 2.75) is 25.3 Å². The van der Waals surface area contributed by atoms with Gasteiger partial charge >= 0.3 is 0 Å². The van der Waals surface area contributed by atoms with E-state index >= 15 is 0 Å². The third-order valence-electron chi connectivity index (χ3n) is 3.29. The first-order valence-electron chi connectivity index (χ1n) is 5.95. The molecule has 0 amide bonds. The van der Waals surface area contributed by atoms with E-state index in [2.05, 4.69) is 0 Å². The van der Waals surface area contributed by atoms with Crippen LogP contribution in [0.2, 0.25) is 5.02 Å². The molecule has 1 aromatic rings. The predicted octanol–water partition coefficient (Wildman–Crippen LogP) is 2.60. The van der Waals surface area contributed by atoms with Crippen molar-refractivity contribution >= 4 is 23.0 Å². The largest absolute Gasteiger partial charge is 0.394 e. The number of rotatable bonds is 3. The zero-order valence-corrected chi connectivity index (χ0v) is 10.6. The summed E-state index contributed by atoms with van der Waals surface area (Å²) < 4.78 is 0. The van der Waals surface area contributed by atoms with Gasteiger partial charge in [-0.25, -0.2) is 0 Å². The molecule has 2 rings (SSSR count). The van der Waals surface area contributed by atoms with Gasteiger partial charge in [-0.15, -0.1) is 0 Å². The summed E-state index contributed by atoms with van der Waals surface area (Å²) in [5.74, 6) is 0. The van der Waals surface area contributed by atoms with Crippen LogP contribution in [0.15, 0.2) is 18.2 Å². The lowest BCUT2D eigenvalue weighted by molar-refractivity contribution is -0.384. The first-order chi connectivity index (χ1) is 8.63. The summed E-state index contributed by atoms with van der Waals surface area (Å²) in [4.78, 5) is 12.2. The van der Waals surface area contributed by atoms with Crippen molar-refractivity contribution in [3.63, 3.8) is 0 Å². The summed E-state index contributed by atoms with van der Waals surface area (Å²) in [5.41, 5.74) is 0.752. The number of hydrogen-bond donors (Lipinski definition) is 1. The lowest BCUT2D eigenvalue weighted by Crippen LogP contribution is -2.42. The number of aliphatic hydroxyl groups is 1. The molecule has 98 valence electrons. The first-order valence-corrected chi connectivity index (χ1v) is 6.32. The van der Waals surface area contributed by atoms with Crippen LogP contribution in [0.25, 0.3) is 0 Å². The average molecular weight is 271 g/mol. The van der Waals surface area contributed by atoms with Gasteiger partial charge in [0.15, 0.2) is 0 Å². The van der Waals surface area contributed by atoms with Crippen LogP contribution in [0.1, 0.15) is 19.3 Å². The summed E-state index contributed by atoms with van der Waals surface area (Å²) in [6.45, 7) is 0.899. The second-order valence-corrected chi connectivity index (χ2v) is 4.83. The first kappa shape index (κ1) is 13.1. The third-order valence-corrected chi connectivity index (χ3v) is 3.59. The van der Waals surface area contributed by atoms with Gasteiger partial charge in [0.2, 0.25) is 0 Å². The Balaban J connectivity index is 2.29. The molecule has 1 heterocycles. The van der Waals surface area contributed by atoms with E-state index in [1.165, 1.54) is 12.1 Å². The maximum Gasteiger partial charge on any atom is 0.271 e. The Hall–Kier alpha value is -1.33. The van der Waals surface area contributed by atoms with Gasteiger partial charge in [-0.05, 0) is 25.3 Å². The van der Waals surface area contributed by atoms with Crippen LogP contribution in [-0.2, 0) is 0 Å². The van der Waals surface area contributed by atoms with Crippen molar-refractivity contribution in [2.75, 3.05) is 18.1 Å². The van der Waals surface area contributed by atoms with Gasteiger partial charge in [-0.3, -0.25) is 10.1 Å². The lowest BCUT2D eigenvalue weighted by atomic mass is 10.0. The predicted molar refractivity (Wildman–Crippen MR) is 70.2 cm³/mol. The number of nitro groups is 1. The number of non-ortho nitro benzene ring substituents is 1. The van der Waals surface area contributed by atoms with Crippen LogP contribution < -0.4 is 4.90 Å². The molecule has 1 aromatic carbocycles. The van der Waals surface area contributed by atoms with Crippen LogP contribution >= 0.6 is 11.6 Å². The quantitative estimate of drug-likeness (QED) is 0.677. The molecule has 1 atom stereocenters. The molecular weight excluding hydrogens is 256 g/mol. The zero-order valence-electron chi connectivity index (χ0n) is 9.88. The summed E-state index contributed by atoms with van der Waals surface area (Å²) >= 11 is 6.10. The number of benzene rings is 1. The summed E-state index contributed by atoms with van der Waals surface area (Å²) in [6.07, 6.45) is 3.06. The molecule has 1 aliphatic rings. The number of hydrogen-bond acceptors (Lipinski definition) is 4. The Morgan fingerprint density at radius 3 is 2.89 bits per heavy atom. The molecule has 0 aliphatic carbocycles. The molecule has 6 heteroatoms. The number of nitro benzene ring substituents is 1. The molecule has 1 unspecified atom stereocenters. The maximum atomic E-state index is 10.7. The van der Waals surface area contributed by atoms with Crippen molar-refractivity contribution in [2.24, 2.45) is 0 Å². The minimum absolute atomic E-state index is 0.0127. The SMILES string of the molecule is O=[N+]([O-])c1ccc(N2CCCCC2CO)c(Cl)c1. The molecule has 5 nitrogen and oxygen atoms in total. The standard InChI is InChI=1S/C12H15ClN2O3/c13-11-7-9(15(17)18)4-5-12(11)14-6-2-1-3-10(14)8-16/h4-5,7,10,16H,1-3,6,8H2. The third kappa shape index (κ3) is 2.57. The van der Waals surface area contributed by atoms with E-state index in [4.69, 9.17) is 11.6 Å². The van der Waals surface area contributed by atoms with E-state index in [1.807, 2.05) is 4.90 Å². The van der Waals surface area contributed by atoms with Gasteiger partial charge in [0.25, 0.3) is 5.69 Å². The number of anilines is 1. The van der Waals surface area contributed by atoms with Crippen LogP contribution in [0, 0.1) is 10.1 Å². The van der Waals surface area contributed by atoms with Crippen molar-refractivity contribution < 1.29 is 10.0 Å². The molecule has 18 heavy (non-hydrogen) atoms. The molecular formula is C12H15ClN2O3. The highest BCUT2D eigenvalue weighted by atomic mass is 35.5. The van der Waals surface area contributed by atoms with E-state index < -0.39 is 4.92 Å². The van der Waals surface area contributed by atoms with Crippen LogP contribution in [0.4, 0.5) is 11.4 Å². The van der Waals surface area contributed by atoms with Gasteiger partial charge < -0.3 is 10.0 Å². The molecule has 1 aliphatic heterocycles. The van der Waals surface area contributed by atoms with E-state index in [1.54, 1.807) is 6.07 Å². The van der Waals surface area contributed by atoms with Crippen molar-refractivity contribution in [1.29, 1.82) is 0 Å². The normalized spacial score (nSPS) is 19.9. The van der Waals surface area contributed by atoms with E-state index in [0.717, 1.165) is 31.5 Å². The number of nitrogens with zero attached hydrogens (tertiary/aromatic N) is 2. The average Bonchev–Trinajstić information content (AvgIpc) is 2.38. The van der Waals surface area contributed by atoms with E-state index in [9.17, 15) is 15.2 Å². The van der Waals surface area contributed by atoms with Crippen molar-refractivity contribution in [3.05, 3.63) is 33.3 Å². The summed E-state index contributed by atoms with van der Waals surface area (Å²) in [7, 11) is 0. The fourth-order valence-electron chi connectivity index (χ4n) is 2.35. The fraction of sp³-hybridized carbons (Fsp3) is 0.500. The molecule has 1 saturated heterocycles. The molecule has 0 spiro atoms. The molecule has 0 bridgehead atoms. The zero-order chi connectivity index (χ0) is 13.1. The molecule has 1 fully saturated rings. The minimum Gasteiger partial charge on any atom is -0.394 e. The minimum atomic E-state index is -0.463. The Morgan fingerprint density at radius 1 is 1.50 bits per heavy atom. The number of halogens is 1. The maximum absolute atomic E-state index is 10.7. The van der Waals surface area contributed by atoms with Crippen molar-refractivity contribution in [3.8, 4) is 0 Å². The monoisotopic (exact) mass is 270 g/mol. The lowest BCUT2D eigenvalue weighted by Gasteiger charge is -2.36. The fourth-order valence-corrected chi connectivity index (χ4v) is 2.63. The Bertz CT molecular complexity index is 453. The Kier molecular flexibility index (Phi) is 4.04. The van der Waals surface area contributed by atoms with Crippen molar-refractivity contribution in [1.82, 2.24) is 0 Å². The molecule has 0 saturated carbocycles. The van der Waals surface area contributed by atoms with Gasteiger partial charge in [-0.2, -0.15) is 0 Å². The highest BCUT2D eigenvalue weighted by molar-refractivity contribution is 6.33.